The van der Waals surface area contributed by atoms with Crippen molar-refractivity contribution in [2.24, 2.45) is 4.99 Å². The Hall–Kier alpha value is -4.97. The average molecular weight is 584 g/mol. The maximum atomic E-state index is 13.1. The standard InChI is InChI=1S/C30H25N5O6S/c36-23-11-17(16-5-2-1-3-6-16)12-24(37)19(23)13-31-30-32-14-25(42-30)28(40)33-21-8-4-7-18-20(21)15-35(29(18)41)22-9-10-26(38)34-27(22)39/h1-8,13-14,17,22,36H,9-12,15H2,(H,33,40)(H,34,38,39). The minimum atomic E-state index is -0.761. The molecule has 3 N–H and O–H groups in total. The zero-order chi connectivity index (χ0) is 29.4. The molecule has 42 heavy (non-hydrogen) atoms. The number of aromatic nitrogens is 1. The van der Waals surface area contributed by atoms with Gasteiger partial charge < -0.3 is 15.3 Å². The third-order valence-electron chi connectivity index (χ3n) is 7.61. The third kappa shape index (κ3) is 5.23. The van der Waals surface area contributed by atoms with Gasteiger partial charge in [-0.25, -0.2) is 9.98 Å². The van der Waals surface area contributed by atoms with Gasteiger partial charge in [-0.1, -0.05) is 47.7 Å². The van der Waals surface area contributed by atoms with Gasteiger partial charge in [0.25, 0.3) is 11.8 Å². The Morgan fingerprint density at radius 2 is 1.90 bits per heavy atom. The molecule has 1 saturated heterocycles. The van der Waals surface area contributed by atoms with Crippen LogP contribution in [0.3, 0.4) is 0 Å². The number of allylic oxidation sites excluding steroid dienone is 2. The van der Waals surface area contributed by atoms with Crippen molar-refractivity contribution in [2.45, 2.75) is 44.2 Å². The number of fused-ring (bicyclic) bond motifs is 1. The molecule has 3 aromatic rings. The number of carbonyl (C=O) groups excluding carboxylic acids is 5. The highest BCUT2D eigenvalue weighted by atomic mass is 32.1. The van der Waals surface area contributed by atoms with Crippen molar-refractivity contribution in [2.75, 3.05) is 5.32 Å². The van der Waals surface area contributed by atoms with Crippen molar-refractivity contribution < 1.29 is 29.1 Å². The zero-order valence-electron chi connectivity index (χ0n) is 22.2. The van der Waals surface area contributed by atoms with E-state index in [4.69, 9.17) is 0 Å². The predicted molar refractivity (Wildman–Crippen MR) is 154 cm³/mol. The molecule has 2 aliphatic heterocycles. The van der Waals surface area contributed by atoms with Gasteiger partial charge in [-0.05, 0) is 30.0 Å². The molecule has 2 unspecified atom stereocenters. The fourth-order valence-electron chi connectivity index (χ4n) is 5.45. The van der Waals surface area contributed by atoms with Gasteiger partial charge in [0.15, 0.2) is 5.78 Å². The number of Topliss-reactive ketones (excluding diaryl/α,β-unsaturated/α-hetero) is 1. The molecule has 3 aliphatic rings. The second-order valence-electron chi connectivity index (χ2n) is 10.3. The number of anilines is 1. The highest BCUT2D eigenvalue weighted by molar-refractivity contribution is 7.17. The molecule has 2 atom stereocenters. The van der Waals surface area contributed by atoms with Crippen LogP contribution in [0.15, 0.2) is 71.1 Å². The number of rotatable bonds is 6. The van der Waals surface area contributed by atoms with Crippen LogP contribution in [0.4, 0.5) is 10.8 Å². The first kappa shape index (κ1) is 27.2. The number of imide groups is 1. The maximum Gasteiger partial charge on any atom is 0.267 e. The number of carbonyl (C=O) groups is 5. The molecule has 1 aromatic heterocycles. The first-order chi connectivity index (χ1) is 20.3. The molecule has 1 aliphatic carbocycles. The van der Waals surface area contributed by atoms with Gasteiger partial charge in [-0.3, -0.25) is 29.3 Å². The molecule has 3 heterocycles. The molecule has 212 valence electrons. The Labute approximate surface area is 244 Å². The van der Waals surface area contributed by atoms with Crippen molar-refractivity contribution in [3.63, 3.8) is 0 Å². The molecular weight excluding hydrogens is 558 g/mol. The first-order valence-corrected chi connectivity index (χ1v) is 14.2. The van der Waals surface area contributed by atoms with Crippen molar-refractivity contribution >= 4 is 57.8 Å². The molecule has 6 rings (SSSR count). The summed E-state index contributed by atoms with van der Waals surface area (Å²) in [7, 11) is 0. The number of aliphatic hydroxyl groups is 1. The summed E-state index contributed by atoms with van der Waals surface area (Å²) in [6.07, 6.45) is 3.62. The maximum absolute atomic E-state index is 13.1. The highest BCUT2D eigenvalue weighted by Gasteiger charge is 2.40. The summed E-state index contributed by atoms with van der Waals surface area (Å²) in [5.41, 5.74) is 2.51. The van der Waals surface area contributed by atoms with Crippen LogP contribution < -0.4 is 10.6 Å². The number of amides is 4. The van der Waals surface area contributed by atoms with Crippen LogP contribution in [-0.4, -0.2) is 56.7 Å². The summed E-state index contributed by atoms with van der Waals surface area (Å²) >= 11 is 1.01. The van der Waals surface area contributed by atoms with Crippen molar-refractivity contribution in [3.05, 3.63) is 87.6 Å². The van der Waals surface area contributed by atoms with Gasteiger partial charge in [0.05, 0.1) is 11.8 Å². The minimum absolute atomic E-state index is 0.0304. The van der Waals surface area contributed by atoms with Crippen LogP contribution in [0.2, 0.25) is 0 Å². The van der Waals surface area contributed by atoms with E-state index in [-0.39, 0.29) is 70.7 Å². The number of aliphatic hydroxyl groups excluding tert-OH is 1. The second kappa shape index (κ2) is 11.1. The largest absolute Gasteiger partial charge is 0.511 e. The Kier molecular flexibility index (Phi) is 7.21. The van der Waals surface area contributed by atoms with Crippen LogP contribution in [-0.2, 0) is 20.9 Å². The fraction of sp³-hybridized carbons (Fsp3) is 0.233. The van der Waals surface area contributed by atoms with Crippen LogP contribution in [0.5, 0.6) is 0 Å². The van der Waals surface area contributed by atoms with Crippen LogP contribution >= 0.6 is 11.3 Å². The predicted octanol–water partition coefficient (Wildman–Crippen LogP) is 3.82. The van der Waals surface area contributed by atoms with Crippen LogP contribution in [0.1, 0.15) is 62.8 Å². The van der Waals surface area contributed by atoms with E-state index in [9.17, 15) is 29.1 Å². The van der Waals surface area contributed by atoms with Gasteiger partial charge >= 0.3 is 0 Å². The van der Waals surface area contributed by atoms with E-state index in [1.807, 2.05) is 30.3 Å². The normalized spacial score (nSPS) is 20.7. The average Bonchev–Trinajstić information content (AvgIpc) is 3.58. The lowest BCUT2D eigenvalue weighted by atomic mass is 9.83. The number of aliphatic imine (C=N–C) groups is 1. The summed E-state index contributed by atoms with van der Waals surface area (Å²) in [5.74, 6) is -2.02. The van der Waals surface area contributed by atoms with Crippen LogP contribution in [0, 0.1) is 0 Å². The number of benzene rings is 2. The fourth-order valence-corrected chi connectivity index (χ4v) is 6.11. The van der Waals surface area contributed by atoms with Crippen molar-refractivity contribution in [1.29, 1.82) is 0 Å². The number of nitrogens with zero attached hydrogens (tertiary/aromatic N) is 3. The Balaban J connectivity index is 1.13. The molecule has 0 saturated carbocycles. The van der Waals surface area contributed by atoms with E-state index < -0.39 is 17.9 Å². The summed E-state index contributed by atoms with van der Waals surface area (Å²) in [4.78, 5) is 72.8. The summed E-state index contributed by atoms with van der Waals surface area (Å²) < 4.78 is 0. The summed E-state index contributed by atoms with van der Waals surface area (Å²) in [5, 5.41) is 15.9. The number of hydrogen-bond donors (Lipinski definition) is 3. The highest BCUT2D eigenvalue weighted by Crippen LogP contribution is 2.35. The topological polar surface area (TPSA) is 158 Å². The third-order valence-corrected chi connectivity index (χ3v) is 8.51. The van der Waals surface area contributed by atoms with Gasteiger partial charge in [0.2, 0.25) is 16.9 Å². The zero-order valence-corrected chi connectivity index (χ0v) is 23.0. The van der Waals surface area contributed by atoms with E-state index in [2.05, 4.69) is 20.6 Å². The van der Waals surface area contributed by atoms with Gasteiger partial charge in [0, 0.05) is 48.8 Å². The SMILES string of the molecule is O=C1CCC(N2Cc3c(NC(=O)c4cnc(N=CC5=C(O)CC(c6ccccc6)CC5=O)s4)cccc3C2=O)C(=O)N1. The number of hydrogen-bond acceptors (Lipinski definition) is 9. The first-order valence-electron chi connectivity index (χ1n) is 13.4. The lowest BCUT2D eigenvalue weighted by Crippen LogP contribution is -2.52. The van der Waals surface area contributed by atoms with E-state index in [1.165, 1.54) is 17.3 Å². The molecule has 2 aromatic carbocycles. The Bertz CT molecular complexity index is 1690. The Morgan fingerprint density at radius 1 is 1.10 bits per heavy atom. The lowest BCUT2D eigenvalue weighted by Gasteiger charge is -2.29. The lowest BCUT2D eigenvalue weighted by molar-refractivity contribution is -0.137. The second-order valence-corrected chi connectivity index (χ2v) is 11.3. The van der Waals surface area contributed by atoms with E-state index >= 15 is 0 Å². The van der Waals surface area contributed by atoms with E-state index in [1.54, 1.807) is 18.2 Å². The summed E-state index contributed by atoms with van der Waals surface area (Å²) in [6.45, 7) is 0.118. The molecule has 12 heteroatoms. The van der Waals surface area contributed by atoms with Gasteiger partial charge in [-0.15, -0.1) is 0 Å². The smallest absolute Gasteiger partial charge is 0.267 e. The molecule has 0 bridgehead atoms. The van der Waals surface area contributed by atoms with Crippen molar-refractivity contribution in [3.8, 4) is 0 Å². The minimum Gasteiger partial charge on any atom is -0.511 e. The Morgan fingerprint density at radius 3 is 2.67 bits per heavy atom. The molecule has 11 nitrogen and oxygen atoms in total. The number of nitrogens with one attached hydrogen (secondary N) is 2. The van der Waals surface area contributed by atoms with Crippen molar-refractivity contribution in [1.82, 2.24) is 15.2 Å². The molecule has 0 spiro atoms. The number of thiazole rings is 1. The van der Waals surface area contributed by atoms with E-state index in [0.29, 0.717) is 23.2 Å². The van der Waals surface area contributed by atoms with Gasteiger partial charge in [0.1, 0.15) is 16.7 Å². The number of piperidine rings is 1. The molecular formula is C30H25N5O6S. The van der Waals surface area contributed by atoms with E-state index in [0.717, 1.165) is 16.9 Å². The molecule has 0 radical (unpaired) electrons. The quantitative estimate of drug-likeness (QED) is 0.294. The number of ketones is 1. The monoisotopic (exact) mass is 583 g/mol. The summed E-state index contributed by atoms with van der Waals surface area (Å²) in [6, 6.07) is 13.8. The molecule has 1 fully saturated rings. The molecule has 4 amide bonds. The van der Waals surface area contributed by atoms with Gasteiger partial charge in [-0.2, -0.15) is 0 Å². The van der Waals surface area contributed by atoms with Crippen LogP contribution in [0.25, 0.3) is 0 Å².